The van der Waals surface area contributed by atoms with Gasteiger partial charge in [0.2, 0.25) is 5.91 Å². The molecule has 0 aliphatic rings. The van der Waals surface area contributed by atoms with Crippen molar-refractivity contribution >= 4 is 12.0 Å². The quantitative estimate of drug-likeness (QED) is 0.811. The summed E-state index contributed by atoms with van der Waals surface area (Å²) in [6.45, 7) is 13.7. The fourth-order valence-electron chi connectivity index (χ4n) is 2.41. The van der Waals surface area contributed by atoms with Crippen LogP contribution in [0.1, 0.15) is 71.6 Å². The molecule has 0 saturated heterocycles. The highest BCUT2D eigenvalue weighted by Gasteiger charge is 2.20. The van der Waals surface area contributed by atoms with E-state index in [0.717, 1.165) is 5.56 Å². The van der Waals surface area contributed by atoms with Crippen LogP contribution >= 0.6 is 0 Å². The normalized spacial score (nSPS) is 12.8. The fraction of sp³-hybridized carbons (Fsp3) is 0.600. The van der Waals surface area contributed by atoms with Gasteiger partial charge in [0.1, 0.15) is 12.1 Å². The van der Waals surface area contributed by atoms with E-state index >= 15 is 0 Å². The number of benzene rings is 1. The van der Waals surface area contributed by atoms with Crippen LogP contribution in [0.4, 0.5) is 4.79 Å². The molecule has 25 heavy (non-hydrogen) atoms. The van der Waals surface area contributed by atoms with E-state index in [9.17, 15) is 9.59 Å². The Labute approximate surface area is 151 Å². The van der Waals surface area contributed by atoms with Gasteiger partial charge in [-0.1, -0.05) is 52.0 Å². The molecule has 0 saturated carbocycles. The van der Waals surface area contributed by atoms with Gasteiger partial charge in [-0.2, -0.15) is 0 Å². The van der Waals surface area contributed by atoms with Gasteiger partial charge in [-0.05, 0) is 43.7 Å². The van der Waals surface area contributed by atoms with Crippen LogP contribution in [-0.4, -0.2) is 24.1 Å². The molecule has 1 atom stereocenters. The maximum Gasteiger partial charge on any atom is 0.408 e. The van der Waals surface area contributed by atoms with E-state index in [2.05, 4.69) is 62.6 Å². The highest BCUT2D eigenvalue weighted by molar-refractivity contribution is 5.82. The van der Waals surface area contributed by atoms with Gasteiger partial charge in [0.25, 0.3) is 0 Å². The zero-order valence-corrected chi connectivity index (χ0v) is 16.5. The maximum absolute atomic E-state index is 12.2. The molecule has 1 unspecified atom stereocenters. The fourth-order valence-corrected chi connectivity index (χ4v) is 2.41. The van der Waals surface area contributed by atoms with E-state index < -0.39 is 11.7 Å². The van der Waals surface area contributed by atoms with E-state index in [4.69, 9.17) is 4.74 Å². The number of ether oxygens (including phenoxy) is 1. The van der Waals surface area contributed by atoms with Gasteiger partial charge in [0.15, 0.2) is 0 Å². The molecule has 0 bridgehead atoms. The lowest BCUT2D eigenvalue weighted by Crippen LogP contribution is -2.41. The summed E-state index contributed by atoms with van der Waals surface area (Å²) in [4.78, 5) is 23.8. The summed E-state index contributed by atoms with van der Waals surface area (Å²) in [5.41, 5.74) is 1.74. The molecule has 0 spiro atoms. The predicted octanol–water partition coefficient (Wildman–Crippen LogP) is 4.15. The second-order valence-electron chi connectivity index (χ2n) is 7.97. The van der Waals surface area contributed by atoms with Crippen molar-refractivity contribution in [3.05, 3.63) is 35.4 Å². The van der Waals surface area contributed by atoms with Crippen molar-refractivity contribution < 1.29 is 14.3 Å². The first-order valence-electron chi connectivity index (χ1n) is 8.85. The molecule has 1 aromatic carbocycles. The summed E-state index contributed by atoms with van der Waals surface area (Å²) in [6, 6.07) is 8.21. The molecule has 0 aliphatic carbocycles. The van der Waals surface area contributed by atoms with Crippen molar-refractivity contribution in [2.24, 2.45) is 5.92 Å². The third kappa shape index (κ3) is 7.59. The third-order valence-electron chi connectivity index (χ3n) is 3.74. The number of nitrogens with one attached hydrogen (secondary N) is 2. The zero-order valence-electron chi connectivity index (χ0n) is 16.5. The minimum Gasteiger partial charge on any atom is -0.444 e. The Hall–Kier alpha value is -2.04. The smallest absolute Gasteiger partial charge is 0.408 e. The predicted molar refractivity (Wildman–Crippen MR) is 100 cm³/mol. The molecule has 0 heterocycles. The van der Waals surface area contributed by atoms with E-state index in [0.29, 0.717) is 5.92 Å². The van der Waals surface area contributed by atoms with Crippen molar-refractivity contribution in [1.82, 2.24) is 10.6 Å². The third-order valence-corrected chi connectivity index (χ3v) is 3.74. The number of amides is 2. The van der Waals surface area contributed by atoms with Crippen molar-refractivity contribution in [3.63, 3.8) is 0 Å². The molecular weight excluding hydrogens is 316 g/mol. The second kappa shape index (κ2) is 8.88. The van der Waals surface area contributed by atoms with Crippen LogP contribution in [-0.2, 0) is 9.53 Å². The van der Waals surface area contributed by atoms with Gasteiger partial charge in [-0.15, -0.1) is 0 Å². The largest absolute Gasteiger partial charge is 0.444 e. The summed E-state index contributed by atoms with van der Waals surface area (Å²) < 4.78 is 5.13. The Kier molecular flexibility index (Phi) is 7.46. The van der Waals surface area contributed by atoms with Crippen LogP contribution < -0.4 is 10.6 Å². The number of hydrogen-bond acceptors (Lipinski definition) is 3. The SMILES string of the molecule is CC(C)c1ccc(C(NC(=O)CNC(=O)OC(C)(C)C)C(C)C)cc1. The summed E-state index contributed by atoms with van der Waals surface area (Å²) in [5, 5.41) is 5.48. The molecule has 2 N–H and O–H groups in total. The van der Waals surface area contributed by atoms with E-state index in [1.807, 2.05) is 0 Å². The lowest BCUT2D eigenvalue weighted by atomic mass is 9.93. The average Bonchev–Trinajstić information content (AvgIpc) is 2.48. The monoisotopic (exact) mass is 348 g/mol. The molecule has 140 valence electrons. The van der Waals surface area contributed by atoms with Crippen molar-refractivity contribution in [1.29, 1.82) is 0 Å². The van der Waals surface area contributed by atoms with Crippen LogP contribution in [0.2, 0.25) is 0 Å². The first-order valence-corrected chi connectivity index (χ1v) is 8.85. The first-order chi connectivity index (χ1) is 11.5. The summed E-state index contributed by atoms with van der Waals surface area (Å²) in [7, 11) is 0. The van der Waals surface area contributed by atoms with Gasteiger partial charge in [0.05, 0.1) is 6.04 Å². The summed E-state index contributed by atoms with van der Waals surface area (Å²) >= 11 is 0. The van der Waals surface area contributed by atoms with Gasteiger partial charge in [-0.3, -0.25) is 4.79 Å². The lowest BCUT2D eigenvalue weighted by Gasteiger charge is -2.24. The Balaban J connectivity index is 2.65. The van der Waals surface area contributed by atoms with Crippen molar-refractivity contribution in [2.75, 3.05) is 6.54 Å². The Morgan fingerprint density at radius 2 is 1.52 bits per heavy atom. The average molecular weight is 348 g/mol. The van der Waals surface area contributed by atoms with E-state index in [1.54, 1.807) is 20.8 Å². The number of carbonyl (C=O) groups excluding carboxylic acids is 2. The highest BCUT2D eigenvalue weighted by atomic mass is 16.6. The van der Waals surface area contributed by atoms with Crippen LogP contribution in [0.25, 0.3) is 0 Å². The molecule has 0 aliphatic heterocycles. The zero-order chi connectivity index (χ0) is 19.2. The molecule has 1 rings (SSSR count). The van der Waals surface area contributed by atoms with E-state index in [1.165, 1.54) is 5.56 Å². The number of hydrogen-bond donors (Lipinski definition) is 2. The van der Waals surface area contributed by atoms with E-state index in [-0.39, 0.29) is 24.4 Å². The molecule has 1 aromatic rings. The Morgan fingerprint density at radius 1 is 1.00 bits per heavy atom. The van der Waals surface area contributed by atoms with Crippen LogP contribution in [0.15, 0.2) is 24.3 Å². The van der Waals surface area contributed by atoms with Crippen molar-refractivity contribution in [3.8, 4) is 0 Å². The van der Waals surface area contributed by atoms with Crippen LogP contribution in [0.5, 0.6) is 0 Å². The molecule has 5 nitrogen and oxygen atoms in total. The van der Waals surface area contributed by atoms with Crippen molar-refractivity contribution in [2.45, 2.75) is 66.0 Å². The number of carbonyl (C=O) groups is 2. The minimum atomic E-state index is -0.593. The number of alkyl carbamates (subject to hydrolysis) is 1. The van der Waals surface area contributed by atoms with Gasteiger partial charge < -0.3 is 15.4 Å². The molecule has 0 aromatic heterocycles. The molecule has 2 amide bonds. The summed E-state index contributed by atoms with van der Waals surface area (Å²) in [6.07, 6.45) is -0.593. The Bertz CT molecular complexity index is 572. The minimum absolute atomic E-state index is 0.103. The molecule has 0 fully saturated rings. The maximum atomic E-state index is 12.2. The Morgan fingerprint density at radius 3 is 1.96 bits per heavy atom. The van der Waals surface area contributed by atoms with Crippen LogP contribution in [0.3, 0.4) is 0 Å². The summed E-state index contributed by atoms with van der Waals surface area (Å²) in [5.74, 6) is 0.465. The second-order valence-corrected chi connectivity index (χ2v) is 7.97. The van der Waals surface area contributed by atoms with Gasteiger partial charge >= 0.3 is 6.09 Å². The van der Waals surface area contributed by atoms with Crippen LogP contribution in [0, 0.1) is 5.92 Å². The molecule has 0 radical (unpaired) electrons. The molecule has 5 heteroatoms. The topological polar surface area (TPSA) is 67.4 Å². The first kappa shape index (κ1) is 21.0. The molecular formula is C20H32N2O3. The standard InChI is InChI=1S/C20H32N2O3/c1-13(2)15-8-10-16(11-9-15)18(14(3)4)22-17(23)12-21-19(24)25-20(5,6)7/h8-11,13-14,18H,12H2,1-7H3,(H,21,24)(H,22,23). The number of rotatable bonds is 6. The van der Waals surface area contributed by atoms with Gasteiger partial charge in [-0.25, -0.2) is 4.79 Å². The highest BCUT2D eigenvalue weighted by Crippen LogP contribution is 2.24. The lowest BCUT2D eigenvalue weighted by molar-refractivity contribution is -0.121. The van der Waals surface area contributed by atoms with Gasteiger partial charge in [0, 0.05) is 0 Å².